The molecule has 68 valence electrons. The molecule has 1 aromatic rings. The van der Waals surface area contributed by atoms with Crippen molar-refractivity contribution in [2.75, 3.05) is 0 Å². The first kappa shape index (κ1) is 10.1. The van der Waals surface area contributed by atoms with Crippen molar-refractivity contribution < 1.29 is 3.89 Å². The fourth-order valence-corrected chi connectivity index (χ4v) is 1.00. The van der Waals surface area contributed by atoms with Crippen LogP contribution in [-0.2, 0) is 0 Å². The Morgan fingerprint density at radius 2 is 2.08 bits per heavy atom. The summed E-state index contributed by atoms with van der Waals surface area (Å²) in [6.45, 7) is 1.81. The average Bonchev–Trinajstić information content (AvgIpc) is 2.17. The van der Waals surface area contributed by atoms with Crippen molar-refractivity contribution in [2.45, 2.75) is 13.0 Å². The molecular weight excluding hydrogens is 185 g/mol. The van der Waals surface area contributed by atoms with E-state index in [1.54, 1.807) is 0 Å². The van der Waals surface area contributed by atoms with E-state index in [-0.39, 0.29) is 18.4 Å². The van der Waals surface area contributed by atoms with E-state index in [0.29, 0.717) is 0 Å². The quantitative estimate of drug-likeness (QED) is 0.575. The van der Waals surface area contributed by atoms with Crippen LogP contribution in [0.4, 0.5) is 3.89 Å². The number of rotatable bonds is 2. The Kier molecular flexibility index (Phi) is 4.37. The Labute approximate surface area is 82.2 Å². The molecule has 0 spiro atoms. The zero-order valence-corrected chi connectivity index (χ0v) is 8.07. The van der Waals surface area contributed by atoms with E-state index in [1.165, 1.54) is 0 Å². The SMILES string of the molecule is CC(C#Cc1ccccc1)NSF. The maximum Gasteiger partial charge on any atom is 0.132 e. The molecule has 0 aliphatic carbocycles. The van der Waals surface area contributed by atoms with Crippen LogP contribution in [0.3, 0.4) is 0 Å². The smallest absolute Gasteiger partial charge is 0.132 e. The van der Waals surface area contributed by atoms with Crippen molar-refractivity contribution in [1.82, 2.24) is 4.72 Å². The minimum Gasteiger partial charge on any atom is -0.221 e. The van der Waals surface area contributed by atoms with Crippen molar-refractivity contribution in [3.63, 3.8) is 0 Å². The van der Waals surface area contributed by atoms with Crippen LogP contribution in [0.15, 0.2) is 30.3 Å². The van der Waals surface area contributed by atoms with E-state index >= 15 is 0 Å². The molecule has 1 aromatic carbocycles. The van der Waals surface area contributed by atoms with Gasteiger partial charge in [0.15, 0.2) is 0 Å². The van der Waals surface area contributed by atoms with Crippen molar-refractivity contribution in [1.29, 1.82) is 0 Å². The fraction of sp³-hybridized carbons (Fsp3) is 0.200. The second kappa shape index (κ2) is 5.63. The first-order valence-corrected chi connectivity index (χ1v) is 4.64. The van der Waals surface area contributed by atoms with Crippen LogP contribution in [0.5, 0.6) is 0 Å². The van der Waals surface area contributed by atoms with Crippen LogP contribution in [0, 0.1) is 11.8 Å². The third-order valence-corrected chi connectivity index (χ3v) is 1.87. The topological polar surface area (TPSA) is 12.0 Å². The van der Waals surface area contributed by atoms with Crippen LogP contribution >= 0.6 is 12.3 Å². The van der Waals surface area contributed by atoms with Gasteiger partial charge >= 0.3 is 0 Å². The molecule has 1 unspecified atom stereocenters. The van der Waals surface area contributed by atoms with Gasteiger partial charge in [-0.15, -0.1) is 3.89 Å². The lowest BCUT2D eigenvalue weighted by Gasteiger charge is -1.98. The highest BCUT2D eigenvalue weighted by atomic mass is 32.2. The summed E-state index contributed by atoms with van der Waals surface area (Å²) >= 11 is 0.0924. The predicted molar refractivity (Wildman–Crippen MR) is 54.6 cm³/mol. The maximum absolute atomic E-state index is 11.7. The summed E-state index contributed by atoms with van der Waals surface area (Å²) in [4.78, 5) is 0. The van der Waals surface area contributed by atoms with Crippen molar-refractivity contribution in [3.05, 3.63) is 35.9 Å². The number of hydrogen-bond donors (Lipinski definition) is 1. The predicted octanol–water partition coefficient (Wildman–Crippen LogP) is 2.55. The third-order valence-electron chi connectivity index (χ3n) is 1.43. The molecule has 1 N–H and O–H groups in total. The molecule has 0 fully saturated rings. The highest BCUT2D eigenvalue weighted by Gasteiger charge is 1.93. The summed E-state index contributed by atoms with van der Waals surface area (Å²) in [6.07, 6.45) is 0. The van der Waals surface area contributed by atoms with Gasteiger partial charge in [0.25, 0.3) is 0 Å². The standard InChI is InChI=1S/C10H10FNS/c1-9(12-13-11)7-8-10-5-3-2-4-6-10/h2-6,9,12H,1H3. The molecule has 0 saturated heterocycles. The molecule has 0 radical (unpaired) electrons. The molecule has 0 amide bonds. The summed E-state index contributed by atoms with van der Waals surface area (Å²) < 4.78 is 14.2. The molecule has 0 bridgehead atoms. The zero-order chi connectivity index (χ0) is 9.52. The molecule has 0 aliphatic heterocycles. The molecule has 3 heteroatoms. The normalized spacial score (nSPS) is 11.5. The molecule has 0 aromatic heterocycles. The number of nitrogens with one attached hydrogen (secondary N) is 1. The molecule has 13 heavy (non-hydrogen) atoms. The third kappa shape index (κ3) is 3.97. The molecule has 0 aliphatic rings. The van der Waals surface area contributed by atoms with E-state index in [2.05, 4.69) is 16.6 Å². The summed E-state index contributed by atoms with van der Waals surface area (Å²) in [5.41, 5.74) is 0.944. The lowest BCUT2D eigenvalue weighted by Crippen LogP contribution is -2.14. The summed E-state index contributed by atoms with van der Waals surface area (Å²) in [5.74, 6) is 5.81. The summed E-state index contributed by atoms with van der Waals surface area (Å²) in [7, 11) is 0. The van der Waals surface area contributed by atoms with Crippen LogP contribution < -0.4 is 4.72 Å². The van der Waals surface area contributed by atoms with E-state index in [4.69, 9.17) is 0 Å². The van der Waals surface area contributed by atoms with Crippen LogP contribution in [0.1, 0.15) is 12.5 Å². The van der Waals surface area contributed by atoms with Gasteiger partial charge in [0, 0.05) is 5.56 Å². The van der Waals surface area contributed by atoms with Crippen molar-refractivity contribution >= 4 is 12.3 Å². The summed E-state index contributed by atoms with van der Waals surface area (Å²) in [6, 6.07) is 9.47. The highest BCUT2D eigenvalue weighted by Crippen LogP contribution is 1.97. The zero-order valence-electron chi connectivity index (χ0n) is 7.25. The molecule has 0 saturated carbocycles. The van der Waals surface area contributed by atoms with Gasteiger partial charge in [0.05, 0.1) is 6.04 Å². The Morgan fingerprint density at radius 3 is 2.69 bits per heavy atom. The largest absolute Gasteiger partial charge is 0.221 e. The number of halogens is 1. The minimum atomic E-state index is -0.143. The van der Waals surface area contributed by atoms with Crippen LogP contribution in [-0.4, -0.2) is 6.04 Å². The van der Waals surface area contributed by atoms with Gasteiger partial charge < -0.3 is 0 Å². The Balaban J connectivity index is 2.57. The summed E-state index contributed by atoms with van der Waals surface area (Å²) in [5, 5.41) is 0. The van der Waals surface area contributed by atoms with Crippen molar-refractivity contribution in [3.8, 4) is 11.8 Å². The number of benzene rings is 1. The van der Waals surface area contributed by atoms with Crippen molar-refractivity contribution in [2.24, 2.45) is 0 Å². The van der Waals surface area contributed by atoms with E-state index < -0.39 is 0 Å². The number of hydrogen-bond acceptors (Lipinski definition) is 2. The molecular formula is C10H10FNS. The van der Waals surface area contributed by atoms with E-state index in [1.807, 2.05) is 37.3 Å². The van der Waals surface area contributed by atoms with Gasteiger partial charge in [0.2, 0.25) is 0 Å². The van der Waals surface area contributed by atoms with Crippen LogP contribution in [0.25, 0.3) is 0 Å². The fourth-order valence-electron chi connectivity index (χ4n) is 0.809. The van der Waals surface area contributed by atoms with E-state index in [9.17, 15) is 3.89 Å². The average molecular weight is 195 g/mol. The van der Waals surface area contributed by atoms with Gasteiger partial charge in [-0.2, -0.15) is 0 Å². The Morgan fingerprint density at radius 1 is 1.38 bits per heavy atom. The maximum atomic E-state index is 11.7. The monoisotopic (exact) mass is 195 g/mol. The molecule has 1 atom stereocenters. The molecule has 1 rings (SSSR count). The molecule has 1 nitrogen and oxygen atoms in total. The van der Waals surface area contributed by atoms with Gasteiger partial charge in [-0.25, -0.2) is 4.72 Å². The van der Waals surface area contributed by atoms with Gasteiger partial charge in [-0.05, 0) is 19.1 Å². The van der Waals surface area contributed by atoms with Gasteiger partial charge in [-0.3, -0.25) is 0 Å². The first-order valence-electron chi connectivity index (χ1n) is 3.92. The minimum absolute atomic E-state index is 0.0924. The van der Waals surface area contributed by atoms with Crippen LogP contribution in [0.2, 0.25) is 0 Å². The second-order valence-electron chi connectivity index (χ2n) is 2.55. The lowest BCUT2D eigenvalue weighted by molar-refractivity contribution is 0.828. The first-order chi connectivity index (χ1) is 6.33. The lowest BCUT2D eigenvalue weighted by atomic mass is 10.2. The molecule has 0 heterocycles. The second-order valence-corrected chi connectivity index (χ2v) is 2.94. The Bertz CT molecular complexity index is 302. The van der Waals surface area contributed by atoms with E-state index in [0.717, 1.165) is 5.56 Å². The van der Waals surface area contributed by atoms with Gasteiger partial charge in [-0.1, -0.05) is 30.0 Å². The highest BCUT2D eigenvalue weighted by molar-refractivity contribution is 7.92. The Hall–Kier alpha value is -0.980. The van der Waals surface area contributed by atoms with Gasteiger partial charge in [0.1, 0.15) is 12.3 Å².